The number of nitriles is 2. The highest BCUT2D eigenvalue weighted by Crippen LogP contribution is 2.41. The Bertz CT molecular complexity index is 872. The molecule has 3 rings (SSSR count). The van der Waals surface area contributed by atoms with Crippen LogP contribution in [0.5, 0.6) is 0 Å². The van der Waals surface area contributed by atoms with Crippen molar-refractivity contribution >= 4 is 17.3 Å². The number of hydrogen-bond acceptors (Lipinski definition) is 3. The molecule has 0 amide bonds. The summed E-state index contributed by atoms with van der Waals surface area (Å²) >= 11 is 6.41. The molecule has 0 aliphatic heterocycles. The van der Waals surface area contributed by atoms with Gasteiger partial charge in [0.1, 0.15) is 12.1 Å². The van der Waals surface area contributed by atoms with Crippen LogP contribution in [0.3, 0.4) is 0 Å². The summed E-state index contributed by atoms with van der Waals surface area (Å²) in [5.74, 6) is 0. The maximum atomic E-state index is 9.72. The molecule has 1 aliphatic rings. The zero-order chi connectivity index (χ0) is 17.1. The molecule has 0 spiro atoms. The molecular weight excluding hydrogens is 318 g/mol. The SMILES string of the molecule is N#Cc1c(N)c(C#N)c(-c2ccccc2Cl)c2c1CCCCCC2. The number of nitrogen functional groups attached to an aromatic ring is 1. The van der Waals surface area contributed by atoms with Crippen molar-refractivity contribution < 1.29 is 0 Å². The molecule has 0 radical (unpaired) electrons. The number of nitrogens with two attached hydrogens (primary N) is 1. The number of nitrogens with zero attached hydrogens (tertiary/aromatic N) is 2. The molecule has 3 nitrogen and oxygen atoms in total. The minimum atomic E-state index is 0.286. The van der Waals surface area contributed by atoms with Crippen LogP contribution in [0, 0.1) is 22.7 Å². The number of anilines is 1. The fraction of sp³-hybridized carbons (Fsp3) is 0.300. The van der Waals surface area contributed by atoms with Gasteiger partial charge in [0.15, 0.2) is 0 Å². The molecule has 1 aliphatic carbocycles. The summed E-state index contributed by atoms with van der Waals surface area (Å²) in [5.41, 5.74) is 11.1. The first-order valence-electron chi connectivity index (χ1n) is 8.21. The van der Waals surface area contributed by atoms with Gasteiger partial charge in [0.05, 0.1) is 16.8 Å². The van der Waals surface area contributed by atoms with Crippen LogP contribution in [0.15, 0.2) is 24.3 Å². The van der Waals surface area contributed by atoms with Crippen molar-refractivity contribution in [3.63, 3.8) is 0 Å². The summed E-state index contributed by atoms with van der Waals surface area (Å²) in [5, 5.41) is 19.9. The normalized spacial score (nSPS) is 14.0. The Morgan fingerprint density at radius 1 is 0.875 bits per heavy atom. The molecule has 24 heavy (non-hydrogen) atoms. The van der Waals surface area contributed by atoms with E-state index < -0.39 is 0 Å². The van der Waals surface area contributed by atoms with E-state index in [9.17, 15) is 10.5 Å². The van der Waals surface area contributed by atoms with Gasteiger partial charge in [0, 0.05) is 16.1 Å². The Balaban J connectivity index is 2.41. The van der Waals surface area contributed by atoms with Crippen LogP contribution in [0.25, 0.3) is 11.1 Å². The third-order valence-electron chi connectivity index (χ3n) is 4.73. The van der Waals surface area contributed by atoms with Gasteiger partial charge in [0.25, 0.3) is 0 Å². The lowest BCUT2D eigenvalue weighted by Crippen LogP contribution is -2.10. The minimum Gasteiger partial charge on any atom is -0.397 e. The van der Waals surface area contributed by atoms with Gasteiger partial charge in [-0.25, -0.2) is 0 Å². The first-order valence-corrected chi connectivity index (χ1v) is 8.59. The number of fused-ring (bicyclic) bond motifs is 1. The van der Waals surface area contributed by atoms with Gasteiger partial charge in [-0.3, -0.25) is 0 Å². The molecule has 0 heterocycles. The van der Waals surface area contributed by atoms with Crippen molar-refractivity contribution in [1.82, 2.24) is 0 Å². The van der Waals surface area contributed by atoms with E-state index in [0.29, 0.717) is 16.1 Å². The van der Waals surface area contributed by atoms with E-state index >= 15 is 0 Å². The zero-order valence-corrected chi connectivity index (χ0v) is 14.2. The summed E-state index contributed by atoms with van der Waals surface area (Å²) in [6.07, 6.45) is 6.07. The summed E-state index contributed by atoms with van der Waals surface area (Å²) in [7, 11) is 0. The van der Waals surface area contributed by atoms with E-state index in [1.54, 1.807) is 0 Å². The van der Waals surface area contributed by atoms with E-state index in [0.717, 1.165) is 60.8 Å². The molecule has 0 saturated carbocycles. The van der Waals surface area contributed by atoms with Crippen molar-refractivity contribution in [1.29, 1.82) is 10.5 Å². The maximum Gasteiger partial charge on any atom is 0.102 e. The second-order valence-corrected chi connectivity index (χ2v) is 6.52. The second kappa shape index (κ2) is 6.95. The van der Waals surface area contributed by atoms with E-state index in [1.165, 1.54) is 0 Å². The van der Waals surface area contributed by atoms with Gasteiger partial charge >= 0.3 is 0 Å². The molecule has 2 N–H and O–H groups in total. The van der Waals surface area contributed by atoms with Gasteiger partial charge in [0.2, 0.25) is 0 Å². The van der Waals surface area contributed by atoms with Crippen LogP contribution < -0.4 is 5.73 Å². The van der Waals surface area contributed by atoms with Crippen LogP contribution in [0.1, 0.15) is 47.9 Å². The fourth-order valence-corrected chi connectivity index (χ4v) is 3.82. The highest BCUT2D eigenvalue weighted by Gasteiger charge is 2.24. The lowest BCUT2D eigenvalue weighted by atomic mass is 9.81. The molecule has 0 unspecified atom stereocenters. The molecule has 120 valence electrons. The molecule has 0 fully saturated rings. The third kappa shape index (κ3) is 2.73. The maximum absolute atomic E-state index is 9.72. The Labute approximate surface area is 147 Å². The van der Waals surface area contributed by atoms with Gasteiger partial charge < -0.3 is 5.73 Å². The Hall–Kier alpha value is -2.49. The quantitative estimate of drug-likeness (QED) is 0.746. The molecular formula is C20H18ClN3. The molecule has 0 aromatic heterocycles. The van der Waals surface area contributed by atoms with Gasteiger partial charge in [-0.2, -0.15) is 10.5 Å². The summed E-state index contributed by atoms with van der Waals surface area (Å²) in [6.45, 7) is 0. The molecule has 4 heteroatoms. The second-order valence-electron chi connectivity index (χ2n) is 6.11. The third-order valence-corrected chi connectivity index (χ3v) is 5.06. The number of rotatable bonds is 1. The van der Waals surface area contributed by atoms with Gasteiger partial charge in [-0.05, 0) is 42.9 Å². The van der Waals surface area contributed by atoms with Crippen LogP contribution in [0.2, 0.25) is 5.02 Å². The Morgan fingerprint density at radius 2 is 1.50 bits per heavy atom. The molecule has 2 aromatic rings. The van der Waals surface area contributed by atoms with Crippen molar-refractivity contribution in [2.24, 2.45) is 0 Å². The standard InChI is InChI=1S/C20H18ClN3/c21-18-10-6-5-9-15(18)19-14-8-4-2-1-3-7-13(14)16(11-22)20(24)17(19)12-23/h5-6,9-10H,1-4,7-8,24H2. The number of halogens is 1. The summed E-state index contributed by atoms with van der Waals surface area (Å²) < 4.78 is 0. The summed E-state index contributed by atoms with van der Waals surface area (Å²) in [4.78, 5) is 0. The smallest absolute Gasteiger partial charge is 0.102 e. The first kappa shape index (κ1) is 16.4. The predicted molar refractivity (Wildman–Crippen MR) is 96.6 cm³/mol. The van der Waals surface area contributed by atoms with E-state index in [2.05, 4.69) is 12.1 Å². The average molecular weight is 336 g/mol. The van der Waals surface area contributed by atoms with Crippen molar-refractivity contribution in [3.05, 3.63) is 51.5 Å². The minimum absolute atomic E-state index is 0.286. The fourth-order valence-electron chi connectivity index (χ4n) is 3.59. The first-order chi connectivity index (χ1) is 11.7. The lowest BCUT2D eigenvalue weighted by Gasteiger charge is -2.22. The lowest BCUT2D eigenvalue weighted by molar-refractivity contribution is 0.617. The van der Waals surface area contributed by atoms with E-state index in [4.69, 9.17) is 17.3 Å². The molecule has 0 saturated heterocycles. The monoisotopic (exact) mass is 335 g/mol. The largest absolute Gasteiger partial charge is 0.397 e. The number of hydrogen-bond donors (Lipinski definition) is 1. The highest BCUT2D eigenvalue weighted by atomic mass is 35.5. The highest BCUT2D eigenvalue weighted by molar-refractivity contribution is 6.33. The Morgan fingerprint density at radius 3 is 2.12 bits per heavy atom. The van der Waals surface area contributed by atoms with Crippen molar-refractivity contribution in [2.45, 2.75) is 38.5 Å². The number of benzene rings is 2. The van der Waals surface area contributed by atoms with Gasteiger partial charge in [-0.15, -0.1) is 0 Å². The zero-order valence-electron chi connectivity index (χ0n) is 13.4. The molecule has 0 bridgehead atoms. The summed E-state index contributed by atoms with van der Waals surface area (Å²) in [6, 6.07) is 12.0. The van der Waals surface area contributed by atoms with Crippen LogP contribution in [-0.2, 0) is 12.8 Å². The van der Waals surface area contributed by atoms with E-state index in [1.807, 2.05) is 24.3 Å². The van der Waals surface area contributed by atoms with E-state index in [-0.39, 0.29) is 5.69 Å². The van der Waals surface area contributed by atoms with Crippen LogP contribution in [-0.4, -0.2) is 0 Å². The van der Waals surface area contributed by atoms with Gasteiger partial charge in [-0.1, -0.05) is 42.6 Å². The Kier molecular flexibility index (Phi) is 4.74. The molecule has 2 aromatic carbocycles. The average Bonchev–Trinajstić information content (AvgIpc) is 2.56. The molecule has 0 atom stereocenters. The van der Waals surface area contributed by atoms with Crippen LogP contribution >= 0.6 is 11.6 Å². The predicted octanol–water partition coefficient (Wildman–Crippen LogP) is 4.99. The van der Waals surface area contributed by atoms with Crippen LogP contribution in [0.4, 0.5) is 5.69 Å². The van der Waals surface area contributed by atoms with Crippen molar-refractivity contribution in [3.8, 4) is 23.3 Å². The van der Waals surface area contributed by atoms with Crippen molar-refractivity contribution in [2.75, 3.05) is 5.73 Å². The topological polar surface area (TPSA) is 73.6 Å².